The molecule has 0 aromatic heterocycles. The monoisotopic (exact) mass is 263 g/mol. The van der Waals surface area contributed by atoms with Crippen LogP contribution in [-0.2, 0) is 11.3 Å². The first-order chi connectivity index (χ1) is 9.04. The van der Waals surface area contributed by atoms with Gasteiger partial charge >= 0.3 is 0 Å². The van der Waals surface area contributed by atoms with E-state index in [1.807, 2.05) is 56.3 Å². The summed E-state index contributed by atoms with van der Waals surface area (Å²) in [5.41, 5.74) is 7.01. The molecule has 19 heavy (non-hydrogen) atoms. The molecule has 0 spiro atoms. The van der Waals surface area contributed by atoms with Gasteiger partial charge in [-0.15, -0.1) is 0 Å². The molecule has 2 N–H and O–H groups in total. The quantitative estimate of drug-likeness (QED) is 0.807. The van der Waals surface area contributed by atoms with Crippen molar-refractivity contribution < 1.29 is 4.79 Å². The first-order valence-electron chi connectivity index (χ1n) is 6.77. The Bertz CT molecular complexity index is 378. The summed E-state index contributed by atoms with van der Waals surface area (Å²) in [7, 11) is 4.01. The molecule has 0 fully saturated rings. The van der Waals surface area contributed by atoms with E-state index in [2.05, 4.69) is 4.90 Å². The molecule has 1 amide bonds. The Labute approximate surface area is 116 Å². The van der Waals surface area contributed by atoms with Crippen LogP contribution in [0.3, 0.4) is 0 Å². The van der Waals surface area contributed by atoms with Gasteiger partial charge in [0.15, 0.2) is 0 Å². The summed E-state index contributed by atoms with van der Waals surface area (Å²) >= 11 is 0. The Hall–Kier alpha value is -1.39. The maximum Gasteiger partial charge on any atom is 0.239 e. The van der Waals surface area contributed by atoms with Gasteiger partial charge in [-0.1, -0.05) is 37.3 Å². The number of nitrogens with zero attached hydrogens (tertiary/aromatic N) is 2. The van der Waals surface area contributed by atoms with Gasteiger partial charge in [0, 0.05) is 19.6 Å². The molecule has 0 radical (unpaired) electrons. The summed E-state index contributed by atoms with van der Waals surface area (Å²) in [6.07, 6.45) is 0.673. The SMILES string of the molecule is CC[C@H](N)C(=O)N(CCN(C)C)Cc1ccccc1. The van der Waals surface area contributed by atoms with E-state index in [-0.39, 0.29) is 5.91 Å². The fourth-order valence-corrected chi connectivity index (χ4v) is 1.80. The average molecular weight is 263 g/mol. The van der Waals surface area contributed by atoms with E-state index in [1.54, 1.807) is 0 Å². The standard InChI is InChI=1S/C15H25N3O/c1-4-14(16)15(19)18(11-10-17(2)3)12-13-8-6-5-7-9-13/h5-9,14H,4,10-12,16H2,1-3H3/t14-/m0/s1. The van der Waals surface area contributed by atoms with Crippen LogP contribution in [0.2, 0.25) is 0 Å². The molecular formula is C15H25N3O. The zero-order valence-electron chi connectivity index (χ0n) is 12.2. The van der Waals surface area contributed by atoms with Crippen molar-refractivity contribution >= 4 is 5.91 Å². The van der Waals surface area contributed by atoms with Crippen molar-refractivity contribution in [1.82, 2.24) is 9.80 Å². The van der Waals surface area contributed by atoms with E-state index in [9.17, 15) is 4.79 Å². The molecule has 0 bridgehead atoms. The first-order valence-corrected chi connectivity index (χ1v) is 6.77. The minimum Gasteiger partial charge on any atom is -0.336 e. The Kier molecular flexibility index (Phi) is 6.53. The van der Waals surface area contributed by atoms with Gasteiger partial charge in [0.2, 0.25) is 5.91 Å². The summed E-state index contributed by atoms with van der Waals surface area (Å²) in [5, 5.41) is 0. The molecule has 0 aliphatic rings. The molecule has 0 heterocycles. The third-order valence-corrected chi connectivity index (χ3v) is 3.10. The van der Waals surface area contributed by atoms with Crippen LogP contribution in [0.5, 0.6) is 0 Å². The topological polar surface area (TPSA) is 49.6 Å². The molecule has 0 saturated heterocycles. The van der Waals surface area contributed by atoms with Crippen LogP contribution in [0.4, 0.5) is 0 Å². The Morgan fingerprint density at radius 3 is 2.37 bits per heavy atom. The second kappa shape index (κ2) is 7.92. The van der Waals surface area contributed by atoms with E-state index in [0.717, 1.165) is 12.1 Å². The molecule has 1 atom stereocenters. The molecule has 0 unspecified atom stereocenters. The summed E-state index contributed by atoms with van der Waals surface area (Å²) in [6, 6.07) is 9.63. The third kappa shape index (κ3) is 5.41. The number of carbonyl (C=O) groups is 1. The number of likely N-dealkylation sites (N-methyl/N-ethyl adjacent to an activating group) is 1. The van der Waals surface area contributed by atoms with Crippen molar-refractivity contribution in [3.05, 3.63) is 35.9 Å². The normalized spacial score (nSPS) is 12.5. The van der Waals surface area contributed by atoms with Crippen molar-refractivity contribution in [3.8, 4) is 0 Å². The molecule has 0 saturated carbocycles. The highest BCUT2D eigenvalue weighted by Gasteiger charge is 2.19. The molecule has 1 aromatic carbocycles. The van der Waals surface area contributed by atoms with Crippen LogP contribution in [0.1, 0.15) is 18.9 Å². The van der Waals surface area contributed by atoms with Crippen LogP contribution in [0.15, 0.2) is 30.3 Å². The van der Waals surface area contributed by atoms with Crippen LogP contribution < -0.4 is 5.73 Å². The number of hydrogen-bond donors (Lipinski definition) is 1. The molecule has 0 aliphatic carbocycles. The maximum atomic E-state index is 12.3. The van der Waals surface area contributed by atoms with Crippen LogP contribution in [0, 0.1) is 0 Å². The molecule has 1 aromatic rings. The zero-order chi connectivity index (χ0) is 14.3. The second-order valence-corrected chi connectivity index (χ2v) is 5.06. The van der Waals surface area contributed by atoms with E-state index in [0.29, 0.717) is 19.5 Å². The molecule has 4 heteroatoms. The van der Waals surface area contributed by atoms with Gasteiger partial charge in [-0.2, -0.15) is 0 Å². The number of nitrogens with two attached hydrogens (primary N) is 1. The van der Waals surface area contributed by atoms with Gasteiger partial charge in [-0.05, 0) is 26.1 Å². The average Bonchev–Trinajstić information content (AvgIpc) is 2.42. The van der Waals surface area contributed by atoms with Crippen molar-refractivity contribution in [3.63, 3.8) is 0 Å². The van der Waals surface area contributed by atoms with Crippen molar-refractivity contribution in [1.29, 1.82) is 0 Å². The van der Waals surface area contributed by atoms with Crippen LogP contribution >= 0.6 is 0 Å². The Balaban J connectivity index is 2.71. The minimum absolute atomic E-state index is 0.0354. The molecule has 4 nitrogen and oxygen atoms in total. The predicted octanol–water partition coefficient (Wildman–Crippen LogP) is 1.31. The number of amides is 1. The van der Waals surface area contributed by atoms with Crippen LogP contribution in [0.25, 0.3) is 0 Å². The van der Waals surface area contributed by atoms with Gasteiger partial charge in [-0.25, -0.2) is 0 Å². The minimum atomic E-state index is -0.397. The lowest BCUT2D eigenvalue weighted by atomic mass is 10.1. The highest BCUT2D eigenvalue weighted by molar-refractivity contribution is 5.81. The van der Waals surface area contributed by atoms with Gasteiger partial charge in [-0.3, -0.25) is 4.79 Å². The summed E-state index contributed by atoms with van der Waals surface area (Å²) in [5.74, 6) is 0.0354. The third-order valence-electron chi connectivity index (χ3n) is 3.10. The maximum absolute atomic E-state index is 12.3. The number of benzene rings is 1. The smallest absolute Gasteiger partial charge is 0.239 e. The Morgan fingerprint density at radius 2 is 1.84 bits per heavy atom. The highest BCUT2D eigenvalue weighted by Crippen LogP contribution is 2.07. The highest BCUT2D eigenvalue weighted by atomic mass is 16.2. The van der Waals surface area contributed by atoms with E-state index in [1.165, 1.54) is 0 Å². The van der Waals surface area contributed by atoms with Crippen molar-refractivity contribution in [2.24, 2.45) is 5.73 Å². The summed E-state index contributed by atoms with van der Waals surface area (Å²) < 4.78 is 0. The predicted molar refractivity (Wildman–Crippen MR) is 78.7 cm³/mol. The van der Waals surface area contributed by atoms with Gasteiger partial charge in [0.1, 0.15) is 0 Å². The molecule has 106 valence electrons. The zero-order valence-corrected chi connectivity index (χ0v) is 12.2. The van der Waals surface area contributed by atoms with Crippen molar-refractivity contribution in [2.75, 3.05) is 27.2 Å². The first kappa shape index (κ1) is 15.7. The van der Waals surface area contributed by atoms with Crippen molar-refractivity contribution in [2.45, 2.75) is 25.9 Å². The summed E-state index contributed by atoms with van der Waals surface area (Å²) in [6.45, 7) is 4.11. The largest absolute Gasteiger partial charge is 0.336 e. The fraction of sp³-hybridized carbons (Fsp3) is 0.533. The van der Waals surface area contributed by atoms with E-state index < -0.39 is 6.04 Å². The number of rotatable bonds is 7. The van der Waals surface area contributed by atoms with Crippen LogP contribution in [-0.4, -0.2) is 48.9 Å². The Morgan fingerprint density at radius 1 is 1.21 bits per heavy atom. The fourth-order valence-electron chi connectivity index (χ4n) is 1.80. The van der Waals surface area contributed by atoms with E-state index in [4.69, 9.17) is 5.73 Å². The number of carbonyl (C=O) groups excluding carboxylic acids is 1. The second-order valence-electron chi connectivity index (χ2n) is 5.06. The van der Waals surface area contributed by atoms with Gasteiger partial charge in [0.05, 0.1) is 6.04 Å². The molecular weight excluding hydrogens is 238 g/mol. The van der Waals surface area contributed by atoms with E-state index >= 15 is 0 Å². The lowest BCUT2D eigenvalue weighted by molar-refractivity contribution is -0.133. The summed E-state index contributed by atoms with van der Waals surface area (Å²) in [4.78, 5) is 16.2. The molecule has 1 rings (SSSR count). The van der Waals surface area contributed by atoms with Gasteiger partial charge < -0.3 is 15.5 Å². The lowest BCUT2D eigenvalue weighted by Crippen LogP contribution is -2.45. The molecule has 0 aliphatic heterocycles. The lowest BCUT2D eigenvalue weighted by Gasteiger charge is -2.27. The number of hydrogen-bond acceptors (Lipinski definition) is 3. The van der Waals surface area contributed by atoms with Gasteiger partial charge in [0.25, 0.3) is 0 Å².